The van der Waals surface area contributed by atoms with Gasteiger partial charge in [-0.15, -0.1) is 0 Å². The molecular formula is C42H62NO6+. The lowest BCUT2D eigenvalue weighted by atomic mass is 9.85. The van der Waals surface area contributed by atoms with Gasteiger partial charge in [0.05, 0.1) is 31.8 Å². The fourth-order valence-corrected chi connectivity index (χ4v) is 9.00. The van der Waals surface area contributed by atoms with E-state index in [1.54, 1.807) is 0 Å². The normalized spacial score (nSPS) is 21.1. The minimum absolute atomic E-state index is 0.157. The van der Waals surface area contributed by atoms with Gasteiger partial charge in [-0.1, -0.05) is 145 Å². The number of piperidine rings is 1. The zero-order valence-electron chi connectivity index (χ0n) is 30.2. The number of esters is 1. The molecule has 49 heavy (non-hydrogen) atoms. The summed E-state index contributed by atoms with van der Waals surface area (Å²) >= 11 is 0. The third-order valence-electron chi connectivity index (χ3n) is 11.6. The van der Waals surface area contributed by atoms with Crippen LogP contribution in [0.2, 0.25) is 0 Å². The lowest BCUT2D eigenvalue weighted by Gasteiger charge is -2.47. The number of benzene rings is 2. The zero-order valence-corrected chi connectivity index (χ0v) is 30.2. The van der Waals surface area contributed by atoms with Gasteiger partial charge >= 0.3 is 12.1 Å². The van der Waals surface area contributed by atoms with Crippen LogP contribution in [-0.2, 0) is 29.3 Å². The molecule has 270 valence electrons. The van der Waals surface area contributed by atoms with Gasteiger partial charge in [0.2, 0.25) is 5.60 Å². The van der Waals surface area contributed by atoms with Gasteiger partial charge in [-0.05, 0) is 17.5 Å². The first-order valence-corrected chi connectivity index (χ1v) is 19.7. The standard InChI is InChI=1S/C42H62NO6/c1-2-3-4-5-6-7-8-9-10-11-12-13-22-31-46-41(45)47-34-48-42(35-23-16-14-17-24-35,36-25-18-15-19-26-36)40(44)49-39-32-37-27-28-38(33-39)43(37)29-20-21-30-43/h14-19,23-26,37-39H,2-13,20-22,27-34H2,1H3/q+1. The molecule has 3 aliphatic heterocycles. The topological polar surface area (TPSA) is 71.1 Å². The van der Waals surface area contributed by atoms with Crippen LogP contribution in [0.15, 0.2) is 60.7 Å². The molecule has 0 aromatic heterocycles. The quantitative estimate of drug-likeness (QED) is 0.0567. The molecule has 2 aromatic rings. The van der Waals surface area contributed by atoms with E-state index in [9.17, 15) is 9.59 Å². The fourth-order valence-electron chi connectivity index (χ4n) is 9.00. The zero-order chi connectivity index (χ0) is 34.2. The van der Waals surface area contributed by atoms with Crippen molar-refractivity contribution in [2.75, 3.05) is 26.5 Å². The molecule has 0 radical (unpaired) electrons. The van der Waals surface area contributed by atoms with E-state index in [0.29, 0.717) is 29.8 Å². The lowest BCUT2D eigenvalue weighted by Crippen LogP contribution is -2.60. The molecule has 3 heterocycles. The van der Waals surface area contributed by atoms with E-state index in [4.69, 9.17) is 18.9 Å². The highest BCUT2D eigenvalue weighted by Crippen LogP contribution is 2.47. The fraction of sp³-hybridized carbons (Fsp3) is 0.667. The molecule has 0 N–H and O–H groups in total. The third kappa shape index (κ3) is 9.88. The summed E-state index contributed by atoms with van der Waals surface area (Å²) in [6.45, 7) is 4.67. The summed E-state index contributed by atoms with van der Waals surface area (Å²) in [6.07, 6.45) is 22.2. The molecule has 0 amide bonds. The SMILES string of the molecule is CCCCCCCCCCCCCCCOC(=O)OCOC(C(=O)OC1CC2CCC(C1)[N+]21CCCC1)(c1ccccc1)c1ccccc1. The van der Waals surface area contributed by atoms with Gasteiger partial charge in [-0.25, -0.2) is 9.59 Å². The van der Waals surface area contributed by atoms with Gasteiger partial charge in [0.1, 0.15) is 6.10 Å². The van der Waals surface area contributed by atoms with E-state index in [-0.39, 0.29) is 6.10 Å². The third-order valence-corrected chi connectivity index (χ3v) is 11.6. The molecule has 0 aliphatic carbocycles. The number of ether oxygens (including phenoxy) is 4. The highest BCUT2D eigenvalue weighted by atomic mass is 16.8. The van der Waals surface area contributed by atoms with Crippen molar-refractivity contribution in [3.8, 4) is 0 Å². The second-order valence-corrected chi connectivity index (χ2v) is 14.8. The van der Waals surface area contributed by atoms with Crippen LogP contribution in [-0.4, -0.2) is 61.3 Å². The van der Waals surface area contributed by atoms with E-state index in [0.717, 1.165) is 32.1 Å². The Hall–Kier alpha value is -2.90. The van der Waals surface area contributed by atoms with Gasteiger partial charge in [-0.2, -0.15) is 0 Å². The van der Waals surface area contributed by atoms with Gasteiger partial charge in [0.15, 0.2) is 6.79 Å². The Labute approximate surface area is 295 Å². The number of carbonyl (C=O) groups excluding carboxylic acids is 2. The van der Waals surface area contributed by atoms with Gasteiger partial charge in [-0.3, -0.25) is 0 Å². The van der Waals surface area contributed by atoms with Crippen molar-refractivity contribution in [2.45, 2.75) is 153 Å². The summed E-state index contributed by atoms with van der Waals surface area (Å²) in [6, 6.07) is 20.0. The van der Waals surface area contributed by atoms with E-state index in [1.807, 2.05) is 60.7 Å². The number of nitrogens with zero attached hydrogens (tertiary/aromatic N) is 1. The average molecular weight is 677 g/mol. The Morgan fingerprint density at radius 1 is 0.673 bits per heavy atom. The van der Waals surface area contributed by atoms with Crippen molar-refractivity contribution >= 4 is 12.1 Å². The maximum atomic E-state index is 14.5. The maximum Gasteiger partial charge on any atom is 0.510 e. The second-order valence-electron chi connectivity index (χ2n) is 14.8. The van der Waals surface area contributed by atoms with Crippen LogP contribution >= 0.6 is 0 Å². The number of unbranched alkanes of at least 4 members (excludes halogenated alkanes) is 12. The summed E-state index contributed by atoms with van der Waals surface area (Å²) in [5, 5.41) is 0. The van der Waals surface area contributed by atoms with Crippen molar-refractivity contribution in [3.63, 3.8) is 0 Å². The first-order valence-electron chi connectivity index (χ1n) is 19.7. The number of rotatable bonds is 21. The maximum absolute atomic E-state index is 14.5. The Morgan fingerprint density at radius 2 is 1.16 bits per heavy atom. The molecule has 2 bridgehead atoms. The average Bonchev–Trinajstić information content (AvgIpc) is 3.67. The second kappa shape index (κ2) is 19.5. The van der Waals surface area contributed by atoms with Crippen molar-refractivity contribution < 1.29 is 33.0 Å². The lowest BCUT2D eigenvalue weighted by molar-refractivity contribution is -0.956. The smallest absolute Gasteiger partial charge is 0.459 e. The molecule has 0 saturated carbocycles. The van der Waals surface area contributed by atoms with Crippen molar-refractivity contribution in [3.05, 3.63) is 71.8 Å². The molecule has 7 nitrogen and oxygen atoms in total. The summed E-state index contributed by atoms with van der Waals surface area (Å²) in [5.41, 5.74) is -0.317. The highest BCUT2D eigenvalue weighted by Gasteiger charge is 2.57. The Balaban J connectivity index is 1.09. The molecule has 3 aliphatic rings. The van der Waals surface area contributed by atoms with Crippen LogP contribution in [0.3, 0.4) is 0 Å². The molecule has 3 fully saturated rings. The summed E-state index contributed by atoms with van der Waals surface area (Å²) in [4.78, 5) is 27.0. The van der Waals surface area contributed by atoms with Gasteiger partial charge < -0.3 is 23.4 Å². The Bertz CT molecular complexity index is 1190. The predicted molar refractivity (Wildman–Crippen MR) is 193 cm³/mol. The summed E-state index contributed by atoms with van der Waals surface area (Å²) in [7, 11) is 0. The molecule has 2 unspecified atom stereocenters. The van der Waals surface area contributed by atoms with E-state index in [1.165, 1.54) is 107 Å². The van der Waals surface area contributed by atoms with Crippen LogP contribution in [0.5, 0.6) is 0 Å². The van der Waals surface area contributed by atoms with Crippen LogP contribution in [0.1, 0.15) is 140 Å². The first kappa shape index (κ1) is 37.4. The summed E-state index contributed by atoms with van der Waals surface area (Å²) < 4.78 is 24.8. The van der Waals surface area contributed by atoms with Crippen LogP contribution in [0.25, 0.3) is 0 Å². The molecule has 5 rings (SSSR count). The predicted octanol–water partition coefficient (Wildman–Crippen LogP) is 10.00. The minimum Gasteiger partial charge on any atom is -0.459 e. The highest BCUT2D eigenvalue weighted by molar-refractivity contribution is 5.86. The number of hydrogen-bond donors (Lipinski definition) is 0. The van der Waals surface area contributed by atoms with Gasteiger partial charge in [0, 0.05) is 38.5 Å². The van der Waals surface area contributed by atoms with Crippen LogP contribution in [0, 0.1) is 0 Å². The molecule has 1 spiro atoms. The molecule has 2 aromatic carbocycles. The first-order chi connectivity index (χ1) is 24.1. The van der Waals surface area contributed by atoms with Crippen LogP contribution < -0.4 is 0 Å². The largest absolute Gasteiger partial charge is 0.510 e. The number of hydrogen-bond acceptors (Lipinski definition) is 6. The summed E-state index contributed by atoms with van der Waals surface area (Å²) in [5.74, 6) is -0.465. The number of carbonyl (C=O) groups is 2. The van der Waals surface area contributed by atoms with Crippen molar-refractivity contribution in [2.24, 2.45) is 0 Å². The van der Waals surface area contributed by atoms with Crippen molar-refractivity contribution in [1.29, 1.82) is 0 Å². The van der Waals surface area contributed by atoms with E-state index in [2.05, 4.69) is 6.92 Å². The van der Waals surface area contributed by atoms with Crippen LogP contribution in [0.4, 0.5) is 4.79 Å². The molecule has 2 atom stereocenters. The Morgan fingerprint density at radius 3 is 1.67 bits per heavy atom. The minimum atomic E-state index is -1.59. The Kier molecular flexibility index (Phi) is 14.9. The van der Waals surface area contributed by atoms with Crippen molar-refractivity contribution in [1.82, 2.24) is 0 Å². The van der Waals surface area contributed by atoms with Gasteiger partial charge in [0.25, 0.3) is 0 Å². The molecule has 7 heteroatoms. The number of quaternary nitrogens is 1. The molecule has 3 saturated heterocycles. The monoisotopic (exact) mass is 676 g/mol. The molecular weight excluding hydrogens is 614 g/mol. The van der Waals surface area contributed by atoms with E-state index >= 15 is 0 Å². The van der Waals surface area contributed by atoms with E-state index < -0.39 is 24.5 Å².